The molecule has 1 fully saturated rings. The molecule has 3 rings (SSSR count). The first-order chi connectivity index (χ1) is 14.2. The normalized spacial score (nSPS) is 28.5. The van der Waals surface area contributed by atoms with Gasteiger partial charge in [-0.15, -0.1) is 0 Å². The number of anilines is 1. The third-order valence-electron chi connectivity index (χ3n) is 3.74. The first-order valence-electron chi connectivity index (χ1n) is 7.85. The summed E-state index contributed by atoms with van der Waals surface area (Å²) in [6, 6.07) is 0. The predicted octanol–water partition coefficient (Wildman–Crippen LogP) is -4.16. The summed E-state index contributed by atoms with van der Waals surface area (Å²) >= 11 is 0. The lowest BCUT2D eigenvalue weighted by atomic mass is 10.1. The van der Waals surface area contributed by atoms with E-state index in [2.05, 4.69) is 28.1 Å². The van der Waals surface area contributed by atoms with Crippen molar-refractivity contribution in [2.24, 2.45) is 0 Å². The Balaban J connectivity index is 1.69. The van der Waals surface area contributed by atoms with Gasteiger partial charge in [0.2, 0.25) is 5.95 Å². The minimum absolute atomic E-state index is 0.118. The molecule has 0 aliphatic carbocycles. The quantitative estimate of drug-likeness (QED) is 0.288. The lowest BCUT2D eigenvalue weighted by molar-refractivity contribution is -0.339. The standard InChI is InChI=1S/C10H16N5O13P3/c11-10-12-1-4-8(14-10)15(3-13-4)9-7(17)6(16)5(26-9)2-25-30(21,22)28-31(23,24)27-29(18,19)20/h1,3,5-7,9,16-17H,2H2,(H,21,22)(H,23,24)(H2,11,12,14)(H2,18,19,20)/p-4. The number of hydrogen-bond donors (Lipinski definition) is 3. The van der Waals surface area contributed by atoms with E-state index in [-0.39, 0.29) is 17.1 Å². The number of fused-ring (bicyclic) bond motifs is 1. The number of nitrogens with zero attached hydrogens (tertiary/aromatic N) is 4. The third-order valence-corrected chi connectivity index (χ3v) is 7.41. The summed E-state index contributed by atoms with van der Waals surface area (Å²) in [6.45, 7) is -1.08. The van der Waals surface area contributed by atoms with Gasteiger partial charge >= 0.3 is 0 Å². The highest BCUT2D eigenvalue weighted by atomic mass is 31.3. The summed E-state index contributed by atoms with van der Waals surface area (Å²) < 4.78 is 50.2. The Kier molecular flexibility index (Phi) is 6.68. The second-order valence-corrected chi connectivity index (χ2v) is 10.2. The van der Waals surface area contributed by atoms with E-state index in [1.54, 1.807) is 0 Å². The minimum Gasteiger partial charge on any atom is -0.790 e. The predicted molar refractivity (Wildman–Crippen MR) is 86.6 cm³/mol. The fourth-order valence-electron chi connectivity index (χ4n) is 2.57. The molecule has 0 bridgehead atoms. The highest BCUT2D eigenvalue weighted by Crippen LogP contribution is 2.60. The van der Waals surface area contributed by atoms with Crippen molar-refractivity contribution in [3.8, 4) is 0 Å². The van der Waals surface area contributed by atoms with Crippen LogP contribution >= 0.6 is 23.5 Å². The topological polar surface area (TPSA) is 290 Å². The Morgan fingerprint density at radius 1 is 1.10 bits per heavy atom. The number of phosphoric ester groups is 1. The average Bonchev–Trinajstić information content (AvgIpc) is 3.11. The maximum atomic E-state index is 11.6. The van der Waals surface area contributed by atoms with Crippen LogP contribution in [0.15, 0.2) is 12.5 Å². The molecular weight excluding hydrogens is 491 g/mol. The first kappa shape index (κ1) is 24.3. The van der Waals surface area contributed by atoms with E-state index >= 15 is 0 Å². The van der Waals surface area contributed by atoms with Gasteiger partial charge in [-0.1, -0.05) is 0 Å². The Hall–Kier alpha value is -1.36. The highest BCUT2D eigenvalue weighted by molar-refractivity contribution is 7.64. The highest BCUT2D eigenvalue weighted by Gasteiger charge is 2.45. The van der Waals surface area contributed by atoms with Gasteiger partial charge < -0.3 is 49.3 Å². The summed E-state index contributed by atoms with van der Waals surface area (Å²) in [5.41, 5.74) is 5.87. The monoisotopic (exact) mass is 503 g/mol. The van der Waals surface area contributed by atoms with Gasteiger partial charge in [0.1, 0.15) is 23.8 Å². The first-order valence-corrected chi connectivity index (χ1v) is 12.2. The molecule has 1 aliphatic heterocycles. The van der Waals surface area contributed by atoms with Gasteiger partial charge in [0.15, 0.2) is 11.9 Å². The zero-order chi connectivity index (χ0) is 23.2. The largest absolute Gasteiger partial charge is 0.790 e. The van der Waals surface area contributed by atoms with Gasteiger partial charge in [0.05, 0.1) is 27.0 Å². The van der Waals surface area contributed by atoms with Crippen molar-refractivity contribution in [2.75, 3.05) is 12.3 Å². The van der Waals surface area contributed by atoms with Gasteiger partial charge in [-0.25, -0.2) is 14.3 Å². The van der Waals surface area contributed by atoms with Crippen LogP contribution < -0.4 is 25.3 Å². The number of aliphatic hydroxyl groups is 2. The molecule has 2 aromatic heterocycles. The van der Waals surface area contributed by atoms with E-state index in [0.717, 1.165) is 0 Å². The third kappa shape index (κ3) is 5.91. The Labute approximate surface area is 171 Å². The molecular formula is C10H12N5O13P3-4. The molecule has 3 heterocycles. The lowest BCUT2D eigenvalue weighted by Crippen LogP contribution is -2.34. The number of aromatic nitrogens is 4. The van der Waals surface area contributed by atoms with Crippen LogP contribution in [0.25, 0.3) is 11.2 Å². The molecule has 6 atom stereocenters. The van der Waals surface area contributed by atoms with Crippen LogP contribution in [-0.2, 0) is 31.6 Å². The van der Waals surface area contributed by atoms with Crippen LogP contribution in [0, 0.1) is 0 Å². The smallest absolute Gasteiger partial charge is 0.278 e. The molecule has 0 aromatic carbocycles. The molecule has 6 unspecified atom stereocenters. The number of aliphatic hydroxyl groups excluding tert-OH is 2. The van der Waals surface area contributed by atoms with Crippen LogP contribution in [-0.4, -0.2) is 54.7 Å². The summed E-state index contributed by atoms with van der Waals surface area (Å²) in [4.78, 5) is 54.9. The second-order valence-electron chi connectivity index (χ2n) is 5.94. The summed E-state index contributed by atoms with van der Waals surface area (Å²) in [7, 11) is -18.1. The van der Waals surface area contributed by atoms with Crippen molar-refractivity contribution >= 4 is 40.6 Å². The number of imidazole rings is 1. The summed E-state index contributed by atoms with van der Waals surface area (Å²) in [5, 5.41) is 20.3. The van der Waals surface area contributed by atoms with Crippen molar-refractivity contribution in [1.29, 1.82) is 0 Å². The number of hydrogen-bond acceptors (Lipinski definition) is 17. The van der Waals surface area contributed by atoms with Gasteiger partial charge in [-0.2, -0.15) is 4.98 Å². The van der Waals surface area contributed by atoms with Gasteiger partial charge in [-0.3, -0.25) is 18.0 Å². The van der Waals surface area contributed by atoms with Gasteiger partial charge in [-0.05, 0) is 0 Å². The number of rotatable bonds is 8. The molecule has 1 aliphatic rings. The van der Waals surface area contributed by atoms with Crippen molar-refractivity contribution < 1.29 is 61.4 Å². The van der Waals surface area contributed by atoms with Crippen molar-refractivity contribution in [3.05, 3.63) is 12.5 Å². The molecule has 0 amide bonds. The van der Waals surface area contributed by atoms with Gasteiger partial charge in [0, 0.05) is 0 Å². The zero-order valence-corrected chi connectivity index (χ0v) is 17.4. The number of nitrogen functional groups attached to an aromatic ring is 1. The van der Waals surface area contributed by atoms with E-state index in [1.807, 2.05) is 0 Å². The average molecular weight is 503 g/mol. The van der Waals surface area contributed by atoms with E-state index in [0.29, 0.717) is 0 Å². The molecule has 0 saturated carbocycles. The molecule has 31 heavy (non-hydrogen) atoms. The van der Waals surface area contributed by atoms with Crippen LogP contribution in [0.5, 0.6) is 0 Å². The molecule has 0 radical (unpaired) electrons. The van der Waals surface area contributed by atoms with E-state index in [1.165, 1.54) is 17.1 Å². The Bertz CT molecular complexity index is 1100. The Morgan fingerprint density at radius 3 is 2.42 bits per heavy atom. The fraction of sp³-hybridized carbons (Fsp3) is 0.500. The van der Waals surface area contributed by atoms with E-state index in [9.17, 15) is 43.5 Å². The SMILES string of the molecule is Nc1ncc2ncn(C3OC(COP(=O)([O-])OP(=O)([O-])OP(=O)([O-])[O-])C(O)C3O)c2n1. The number of nitrogens with two attached hydrogens (primary N) is 1. The van der Waals surface area contributed by atoms with Crippen LogP contribution in [0.4, 0.5) is 5.95 Å². The molecule has 1 saturated heterocycles. The fourth-order valence-corrected chi connectivity index (χ4v) is 5.44. The van der Waals surface area contributed by atoms with Crippen LogP contribution in [0.3, 0.4) is 0 Å². The number of phosphoric acid groups is 3. The summed E-state index contributed by atoms with van der Waals surface area (Å²) in [6.07, 6.45) is -3.80. The zero-order valence-electron chi connectivity index (χ0n) is 14.8. The van der Waals surface area contributed by atoms with Crippen molar-refractivity contribution in [2.45, 2.75) is 24.5 Å². The minimum atomic E-state index is -6.14. The molecule has 21 heteroatoms. The van der Waals surface area contributed by atoms with E-state index in [4.69, 9.17) is 10.5 Å². The summed E-state index contributed by atoms with van der Waals surface area (Å²) in [5.74, 6) is -0.128. The molecule has 18 nitrogen and oxygen atoms in total. The maximum Gasteiger partial charge on any atom is 0.278 e. The second kappa shape index (κ2) is 8.53. The molecule has 174 valence electrons. The maximum absolute atomic E-state index is 11.6. The van der Waals surface area contributed by atoms with Crippen molar-refractivity contribution in [3.63, 3.8) is 0 Å². The van der Waals surface area contributed by atoms with Crippen LogP contribution in [0.2, 0.25) is 0 Å². The molecule has 0 spiro atoms. The molecule has 4 N–H and O–H groups in total. The number of ether oxygens (including phenoxy) is 1. The van der Waals surface area contributed by atoms with Crippen molar-refractivity contribution in [1.82, 2.24) is 19.5 Å². The van der Waals surface area contributed by atoms with E-state index < -0.39 is 54.6 Å². The van der Waals surface area contributed by atoms with Gasteiger partial charge in [0.25, 0.3) is 15.6 Å². The van der Waals surface area contributed by atoms with Crippen LogP contribution in [0.1, 0.15) is 6.23 Å². The Morgan fingerprint density at radius 2 is 1.77 bits per heavy atom. The lowest BCUT2D eigenvalue weighted by Gasteiger charge is -2.37. The molecule has 2 aromatic rings.